The van der Waals surface area contributed by atoms with Crippen LogP contribution in [0.3, 0.4) is 0 Å². The fourth-order valence-corrected chi connectivity index (χ4v) is 2.55. The van der Waals surface area contributed by atoms with E-state index in [4.69, 9.17) is 0 Å². The molecular formula is C15H21FN2O. The molecule has 1 N–H and O–H groups in total. The van der Waals surface area contributed by atoms with E-state index in [1.807, 2.05) is 11.8 Å². The van der Waals surface area contributed by atoms with Gasteiger partial charge in [-0.3, -0.25) is 0 Å². The highest BCUT2D eigenvalue weighted by Crippen LogP contribution is 2.19. The number of rotatable bonds is 2. The standard InChI is InChI=1S/C15H21FN2O/c1-11-6-5-9-18(10-11)15(19)17-12(2)13-7-3-4-8-14(13)16/h3-4,7-8,11-12H,5-6,9-10H2,1-2H3,(H,17,19). The Labute approximate surface area is 113 Å². The minimum absolute atomic E-state index is 0.0951. The molecule has 0 saturated carbocycles. The lowest BCUT2D eigenvalue weighted by atomic mass is 10.0. The Hall–Kier alpha value is -1.58. The minimum atomic E-state index is -0.314. The van der Waals surface area contributed by atoms with Crippen LogP contribution < -0.4 is 5.32 Å². The third kappa shape index (κ3) is 3.46. The number of hydrogen-bond acceptors (Lipinski definition) is 1. The third-order valence-corrected chi connectivity index (χ3v) is 3.66. The number of nitrogens with zero attached hydrogens (tertiary/aromatic N) is 1. The molecule has 1 aromatic carbocycles. The number of hydrogen-bond donors (Lipinski definition) is 1. The molecule has 1 aliphatic heterocycles. The van der Waals surface area contributed by atoms with E-state index in [1.165, 1.54) is 12.5 Å². The number of halogens is 1. The molecule has 1 heterocycles. The molecule has 1 fully saturated rings. The first-order valence-corrected chi connectivity index (χ1v) is 6.88. The monoisotopic (exact) mass is 264 g/mol. The highest BCUT2D eigenvalue weighted by molar-refractivity contribution is 5.74. The molecule has 0 bridgehead atoms. The Morgan fingerprint density at radius 3 is 2.89 bits per heavy atom. The van der Waals surface area contributed by atoms with Crippen LogP contribution in [-0.2, 0) is 0 Å². The molecule has 3 nitrogen and oxygen atoms in total. The van der Waals surface area contributed by atoms with Gasteiger partial charge in [0.15, 0.2) is 0 Å². The fourth-order valence-electron chi connectivity index (χ4n) is 2.55. The number of carbonyl (C=O) groups excluding carboxylic acids is 1. The van der Waals surface area contributed by atoms with Gasteiger partial charge in [0.25, 0.3) is 0 Å². The van der Waals surface area contributed by atoms with Crippen molar-refractivity contribution < 1.29 is 9.18 Å². The number of urea groups is 1. The zero-order chi connectivity index (χ0) is 13.8. The van der Waals surface area contributed by atoms with E-state index >= 15 is 0 Å². The predicted molar refractivity (Wildman–Crippen MR) is 73.3 cm³/mol. The molecule has 0 radical (unpaired) electrons. The summed E-state index contributed by atoms with van der Waals surface area (Å²) in [5.74, 6) is 0.269. The van der Waals surface area contributed by atoms with Crippen molar-refractivity contribution >= 4 is 6.03 Å². The number of piperidine rings is 1. The Bertz CT molecular complexity index is 450. The first-order valence-electron chi connectivity index (χ1n) is 6.88. The quantitative estimate of drug-likeness (QED) is 0.873. The second kappa shape index (κ2) is 6.04. The highest BCUT2D eigenvalue weighted by Gasteiger charge is 2.22. The van der Waals surface area contributed by atoms with Gasteiger partial charge in [0.1, 0.15) is 5.82 Å². The smallest absolute Gasteiger partial charge is 0.317 e. The van der Waals surface area contributed by atoms with E-state index < -0.39 is 0 Å². The SMILES string of the molecule is CC1CCCN(C(=O)NC(C)c2ccccc2F)C1. The molecule has 0 spiro atoms. The van der Waals surface area contributed by atoms with Crippen LogP contribution in [0.2, 0.25) is 0 Å². The van der Waals surface area contributed by atoms with Gasteiger partial charge < -0.3 is 10.2 Å². The van der Waals surface area contributed by atoms with E-state index in [9.17, 15) is 9.18 Å². The van der Waals surface area contributed by atoms with Crippen molar-refractivity contribution in [3.63, 3.8) is 0 Å². The molecule has 0 aromatic heterocycles. The zero-order valence-corrected chi connectivity index (χ0v) is 11.5. The van der Waals surface area contributed by atoms with Crippen LogP contribution in [0, 0.1) is 11.7 Å². The van der Waals surface area contributed by atoms with Crippen molar-refractivity contribution in [2.75, 3.05) is 13.1 Å². The Morgan fingerprint density at radius 1 is 1.47 bits per heavy atom. The van der Waals surface area contributed by atoms with Crippen molar-refractivity contribution in [3.8, 4) is 0 Å². The van der Waals surface area contributed by atoms with E-state index in [-0.39, 0.29) is 17.9 Å². The van der Waals surface area contributed by atoms with Crippen molar-refractivity contribution in [2.45, 2.75) is 32.7 Å². The Balaban J connectivity index is 1.97. The summed E-state index contributed by atoms with van der Waals surface area (Å²) in [6.45, 7) is 5.54. The number of benzene rings is 1. The van der Waals surface area contributed by atoms with Gasteiger partial charge in [-0.15, -0.1) is 0 Å². The molecule has 0 aliphatic carbocycles. The predicted octanol–water partition coefficient (Wildman–Crippen LogP) is 3.33. The molecule has 2 amide bonds. The summed E-state index contributed by atoms with van der Waals surface area (Å²) in [5, 5.41) is 2.87. The maximum absolute atomic E-state index is 13.6. The van der Waals surface area contributed by atoms with Gasteiger partial charge >= 0.3 is 6.03 Å². The molecule has 1 aliphatic rings. The molecule has 2 unspecified atom stereocenters. The maximum Gasteiger partial charge on any atom is 0.317 e. The van der Waals surface area contributed by atoms with Gasteiger partial charge in [0.2, 0.25) is 0 Å². The van der Waals surface area contributed by atoms with Crippen LogP contribution >= 0.6 is 0 Å². The second-order valence-corrected chi connectivity index (χ2v) is 5.39. The second-order valence-electron chi connectivity index (χ2n) is 5.39. The van der Waals surface area contributed by atoms with Crippen LogP contribution in [0.15, 0.2) is 24.3 Å². The van der Waals surface area contributed by atoms with E-state index in [0.29, 0.717) is 11.5 Å². The van der Waals surface area contributed by atoms with Crippen LogP contribution in [0.5, 0.6) is 0 Å². The van der Waals surface area contributed by atoms with Crippen molar-refractivity contribution in [1.82, 2.24) is 10.2 Å². The van der Waals surface area contributed by atoms with Gasteiger partial charge in [-0.25, -0.2) is 9.18 Å². The number of carbonyl (C=O) groups is 1. The third-order valence-electron chi connectivity index (χ3n) is 3.66. The largest absolute Gasteiger partial charge is 0.331 e. The lowest BCUT2D eigenvalue weighted by Crippen LogP contribution is -2.45. The first kappa shape index (κ1) is 13.8. The Morgan fingerprint density at radius 2 is 2.21 bits per heavy atom. The number of likely N-dealkylation sites (tertiary alicyclic amines) is 1. The van der Waals surface area contributed by atoms with Gasteiger partial charge in [0.05, 0.1) is 6.04 Å². The van der Waals surface area contributed by atoms with Crippen molar-refractivity contribution in [3.05, 3.63) is 35.6 Å². The molecule has 19 heavy (non-hydrogen) atoms. The van der Waals surface area contributed by atoms with Gasteiger partial charge in [-0.1, -0.05) is 25.1 Å². The van der Waals surface area contributed by atoms with Crippen molar-refractivity contribution in [2.24, 2.45) is 5.92 Å². The lowest BCUT2D eigenvalue weighted by molar-refractivity contribution is 0.167. The first-order chi connectivity index (χ1) is 9.08. The van der Waals surface area contributed by atoms with Crippen LogP contribution in [0.25, 0.3) is 0 Å². The molecule has 2 atom stereocenters. The van der Waals surface area contributed by atoms with Gasteiger partial charge in [-0.05, 0) is 31.7 Å². The van der Waals surface area contributed by atoms with Crippen LogP contribution in [0.1, 0.15) is 38.3 Å². The highest BCUT2D eigenvalue weighted by atomic mass is 19.1. The summed E-state index contributed by atoms with van der Waals surface area (Å²) in [5.41, 5.74) is 0.529. The summed E-state index contributed by atoms with van der Waals surface area (Å²) in [6.07, 6.45) is 2.22. The topological polar surface area (TPSA) is 32.3 Å². The molecule has 1 aromatic rings. The summed E-state index contributed by atoms with van der Waals surface area (Å²) in [4.78, 5) is 14.0. The van der Waals surface area contributed by atoms with E-state index in [1.54, 1.807) is 18.2 Å². The maximum atomic E-state index is 13.6. The Kier molecular flexibility index (Phi) is 4.40. The van der Waals surface area contributed by atoms with E-state index in [0.717, 1.165) is 19.5 Å². The summed E-state index contributed by atoms with van der Waals surface area (Å²) in [6, 6.07) is 6.15. The minimum Gasteiger partial charge on any atom is -0.331 e. The average molecular weight is 264 g/mol. The molecule has 1 saturated heterocycles. The zero-order valence-electron chi connectivity index (χ0n) is 11.5. The summed E-state index contributed by atoms with van der Waals surface area (Å²) < 4.78 is 13.6. The summed E-state index contributed by atoms with van der Waals surface area (Å²) >= 11 is 0. The van der Waals surface area contributed by atoms with Gasteiger partial charge in [-0.2, -0.15) is 0 Å². The lowest BCUT2D eigenvalue weighted by Gasteiger charge is -2.32. The number of nitrogens with one attached hydrogen (secondary N) is 1. The van der Waals surface area contributed by atoms with Crippen LogP contribution in [0.4, 0.5) is 9.18 Å². The number of amides is 2. The summed E-state index contributed by atoms with van der Waals surface area (Å²) in [7, 11) is 0. The van der Waals surface area contributed by atoms with E-state index in [2.05, 4.69) is 12.2 Å². The van der Waals surface area contributed by atoms with Crippen molar-refractivity contribution in [1.29, 1.82) is 0 Å². The molecule has 4 heteroatoms. The fraction of sp³-hybridized carbons (Fsp3) is 0.533. The average Bonchev–Trinajstić information content (AvgIpc) is 2.39. The molecule has 104 valence electrons. The van der Waals surface area contributed by atoms with Gasteiger partial charge in [0, 0.05) is 18.7 Å². The normalized spacial score (nSPS) is 21.0. The van der Waals surface area contributed by atoms with Crippen LogP contribution in [-0.4, -0.2) is 24.0 Å². The molecule has 2 rings (SSSR count). The molecular weight excluding hydrogens is 243 g/mol.